The molecule has 0 N–H and O–H groups in total. The number of carbonyl (C=O) groups excluding carboxylic acids is 1. The maximum Gasteiger partial charge on any atom is 0.171 e. The van der Waals surface area contributed by atoms with Crippen LogP contribution in [0.4, 0.5) is 0 Å². The Morgan fingerprint density at radius 3 is 3.00 bits per heavy atom. The van der Waals surface area contributed by atoms with Crippen LogP contribution in [0.3, 0.4) is 0 Å². The van der Waals surface area contributed by atoms with E-state index in [4.69, 9.17) is 0 Å². The number of rotatable bonds is 4. The second-order valence-electron chi connectivity index (χ2n) is 3.85. The Bertz CT molecular complexity index is 580. The molecule has 0 spiro atoms. The molecule has 0 fully saturated rings. The van der Waals surface area contributed by atoms with Gasteiger partial charge in [-0.1, -0.05) is 15.9 Å². The first-order valence-corrected chi connectivity index (χ1v) is 7.47. The number of aryl methyl sites for hydroxylation is 1. The van der Waals surface area contributed by atoms with E-state index in [9.17, 15) is 4.79 Å². The van der Waals surface area contributed by atoms with Crippen LogP contribution in [0.2, 0.25) is 0 Å². The number of Topliss-reactive ketones (excluding diaryl/α,β-unsaturated/α-hetero) is 1. The van der Waals surface area contributed by atoms with Gasteiger partial charge in [0, 0.05) is 32.5 Å². The number of carbonyl (C=O) groups is 1. The Balaban J connectivity index is 2.25. The standard InChI is InChI=1S/C13H12BrIN2O/c1-2-17-6-5-16-13(17)8-12(18)10-7-9(15)3-4-11(10)14/h3-7H,2,8H2,1H3. The first-order valence-electron chi connectivity index (χ1n) is 5.60. The summed E-state index contributed by atoms with van der Waals surface area (Å²) in [6, 6.07) is 5.77. The number of imidazole rings is 1. The van der Waals surface area contributed by atoms with Crippen molar-refractivity contribution in [3.8, 4) is 0 Å². The highest BCUT2D eigenvalue weighted by Crippen LogP contribution is 2.21. The molecule has 0 aliphatic rings. The number of hydrogen-bond donors (Lipinski definition) is 0. The quantitative estimate of drug-likeness (QED) is 0.560. The van der Waals surface area contributed by atoms with Crippen LogP contribution in [-0.4, -0.2) is 15.3 Å². The number of halogens is 2. The summed E-state index contributed by atoms with van der Waals surface area (Å²) in [6.45, 7) is 2.87. The molecule has 0 aliphatic heterocycles. The van der Waals surface area contributed by atoms with Crippen molar-refractivity contribution in [3.63, 3.8) is 0 Å². The molecular weight excluding hydrogens is 407 g/mol. The zero-order valence-corrected chi connectivity index (χ0v) is 13.6. The van der Waals surface area contributed by atoms with E-state index in [2.05, 4.69) is 43.5 Å². The van der Waals surface area contributed by atoms with E-state index in [1.165, 1.54) is 0 Å². The predicted octanol–water partition coefficient (Wildman–Crippen LogP) is 3.70. The summed E-state index contributed by atoms with van der Waals surface area (Å²) in [5, 5.41) is 0. The largest absolute Gasteiger partial charge is 0.335 e. The van der Waals surface area contributed by atoms with Gasteiger partial charge in [-0.25, -0.2) is 4.98 Å². The smallest absolute Gasteiger partial charge is 0.171 e. The molecule has 2 aromatic rings. The lowest BCUT2D eigenvalue weighted by atomic mass is 10.1. The highest BCUT2D eigenvalue weighted by Gasteiger charge is 2.14. The molecule has 1 heterocycles. The Morgan fingerprint density at radius 2 is 2.28 bits per heavy atom. The minimum atomic E-state index is 0.0845. The van der Waals surface area contributed by atoms with Crippen LogP contribution in [0.15, 0.2) is 35.1 Å². The first kappa shape index (κ1) is 13.7. The van der Waals surface area contributed by atoms with Crippen molar-refractivity contribution in [2.75, 3.05) is 0 Å². The van der Waals surface area contributed by atoms with Crippen molar-refractivity contribution >= 4 is 44.3 Å². The van der Waals surface area contributed by atoms with Crippen molar-refractivity contribution in [2.45, 2.75) is 19.9 Å². The highest BCUT2D eigenvalue weighted by molar-refractivity contribution is 14.1. The summed E-state index contributed by atoms with van der Waals surface area (Å²) in [7, 11) is 0. The third-order valence-electron chi connectivity index (χ3n) is 2.69. The van der Waals surface area contributed by atoms with E-state index in [0.29, 0.717) is 12.0 Å². The van der Waals surface area contributed by atoms with Crippen LogP contribution >= 0.6 is 38.5 Å². The molecule has 3 nitrogen and oxygen atoms in total. The summed E-state index contributed by atoms with van der Waals surface area (Å²) in [5.74, 6) is 0.898. The Kier molecular flexibility index (Phi) is 4.55. The highest BCUT2D eigenvalue weighted by atomic mass is 127. The van der Waals surface area contributed by atoms with E-state index in [1.54, 1.807) is 6.20 Å². The summed E-state index contributed by atoms with van der Waals surface area (Å²) in [6.07, 6.45) is 3.96. The van der Waals surface area contributed by atoms with E-state index in [1.807, 2.05) is 35.9 Å². The maximum atomic E-state index is 12.3. The zero-order valence-electron chi connectivity index (χ0n) is 9.86. The van der Waals surface area contributed by atoms with Gasteiger partial charge in [0.2, 0.25) is 0 Å². The van der Waals surface area contributed by atoms with E-state index >= 15 is 0 Å². The van der Waals surface area contributed by atoms with Crippen LogP contribution in [0, 0.1) is 3.57 Å². The van der Waals surface area contributed by atoms with Crippen LogP contribution in [-0.2, 0) is 13.0 Å². The molecule has 0 saturated heterocycles. The van der Waals surface area contributed by atoms with Crippen molar-refractivity contribution in [1.82, 2.24) is 9.55 Å². The lowest BCUT2D eigenvalue weighted by Crippen LogP contribution is -2.10. The number of nitrogens with zero attached hydrogens (tertiary/aromatic N) is 2. The third-order valence-corrected chi connectivity index (χ3v) is 4.05. The molecular formula is C13H12BrIN2O. The lowest BCUT2D eigenvalue weighted by Gasteiger charge is -2.06. The summed E-state index contributed by atoms with van der Waals surface area (Å²) >= 11 is 5.62. The molecule has 1 aromatic heterocycles. The van der Waals surface area contributed by atoms with Gasteiger partial charge in [0.25, 0.3) is 0 Å². The maximum absolute atomic E-state index is 12.3. The number of hydrogen-bond acceptors (Lipinski definition) is 2. The monoisotopic (exact) mass is 418 g/mol. The molecule has 0 radical (unpaired) electrons. The van der Waals surface area contributed by atoms with Gasteiger partial charge >= 0.3 is 0 Å². The van der Waals surface area contributed by atoms with Gasteiger partial charge in [0.1, 0.15) is 5.82 Å². The Labute approximate surface area is 128 Å². The van der Waals surface area contributed by atoms with Gasteiger partial charge < -0.3 is 4.57 Å². The van der Waals surface area contributed by atoms with Crippen molar-refractivity contribution in [2.24, 2.45) is 0 Å². The van der Waals surface area contributed by atoms with E-state index in [0.717, 1.165) is 20.4 Å². The molecule has 0 saturated carbocycles. The van der Waals surface area contributed by atoms with Gasteiger partial charge in [0.05, 0.1) is 6.42 Å². The fraction of sp³-hybridized carbons (Fsp3) is 0.231. The second-order valence-corrected chi connectivity index (χ2v) is 5.95. The normalized spacial score (nSPS) is 10.6. The van der Waals surface area contributed by atoms with Crippen molar-refractivity contribution < 1.29 is 4.79 Å². The number of ketones is 1. The molecule has 18 heavy (non-hydrogen) atoms. The summed E-state index contributed by atoms with van der Waals surface area (Å²) in [4.78, 5) is 16.5. The third kappa shape index (κ3) is 3.00. The van der Waals surface area contributed by atoms with Crippen LogP contribution < -0.4 is 0 Å². The van der Waals surface area contributed by atoms with Crippen LogP contribution in [0.25, 0.3) is 0 Å². The molecule has 0 unspecified atom stereocenters. The lowest BCUT2D eigenvalue weighted by molar-refractivity contribution is 0.0989. The molecule has 2 rings (SSSR count). The van der Waals surface area contributed by atoms with E-state index in [-0.39, 0.29) is 5.78 Å². The molecule has 0 aliphatic carbocycles. The number of aromatic nitrogens is 2. The van der Waals surface area contributed by atoms with Gasteiger partial charge in [-0.15, -0.1) is 0 Å². The average molecular weight is 419 g/mol. The molecule has 94 valence electrons. The minimum Gasteiger partial charge on any atom is -0.335 e. The fourth-order valence-electron chi connectivity index (χ4n) is 1.75. The summed E-state index contributed by atoms with van der Waals surface area (Å²) < 4.78 is 3.88. The summed E-state index contributed by atoms with van der Waals surface area (Å²) in [5.41, 5.74) is 0.715. The molecule has 0 amide bonds. The van der Waals surface area contributed by atoms with Crippen LogP contribution in [0.1, 0.15) is 23.1 Å². The molecule has 0 bridgehead atoms. The average Bonchev–Trinajstić information content (AvgIpc) is 2.79. The number of benzene rings is 1. The molecule has 5 heteroatoms. The van der Waals surface area contributed by atoms with Gasteiger partial charge in [-0.05, 0) is 47.7 Å². The molecule has 0 atom stereocenters. The zero-order chi connectivity index (χ0) is 13.1. The molecule has 1 aromatic carbocycles. The fourth-order valence-corrected chi connectivity index (χ4v) is 2.70. The van der Waals surface area contributed by atoms with Crippen molar-refractivity contribution in [3.05, 3.63) is 50.0 Å². The predicted molar refractivity (Wildman–Crippen MR) is 82.8 cm³/mol. The van der Waals surface area contributed by atoms with Crippen molar-refractivity contribution in [1.29, 1.82) is 0 Å². The minimum absolute atomic E-state index is 0.0845. The van der Waals surface area contributed by atoms with E-state index < -0.39 is 0 Å². The van der Waals surface area contributed by atoms with Crippen LogP contribution in [0.5, 0.6) is 0 Å². The topological polar surface area (TPSA) is 34.9 Å². The SMILES string of the molecule is CCn1ccnc1CC(=O)c1cc(I)ccc1Br. The van der Waals surface area contributed by atoms with Gasteiger partial charge in [-0.2, -0.15) is 0 Å². The van der Waals surface area contributed by atoms with Gasteiger partial charge in [0.15, 0.2) is 5.78 Å². The Morgan fingerprint density at radius 1 is 1.50 bits per heavy atom. The second kappa shape index (κ2) is 5.97. The Hall–Kier alpha value is -0.690. The van der Waals surface area contributed by atoms with Gasteiger partial charge in [-0.3, -0.25) is 4.79 Å². The first-order chi connectivity index (χ1) is 8.61.